The van der Waals surface area contributed by atoms with Crippen molar-refractivity contribution in [2.75, 3.05) is 0 Å². The van der Waals surface area contributed by atoms with Crippen molar-refractivity contribution in [2.24, 2.45) is 0 Å². The molecule has 2 aromatic rings. The fraction of sp³-hybridized carbons (Fsp3) is 0.250. The number of nitro groups is 1. The van der Waals surface area contributed by atoms with Crippen LogP contribution in [-0.4, -0.2) is 21.4 Å². The van der Waals surface area contributed by atoms with Crippen molar-refractivity contribution < 1.29 is 14.1 Å². The second kappa shape index (κ2) is 6.29. The lowest BCUT2D eigenvalue weighted by atomic mass is 10.2. The quantitative estimate of drug-likeness (QED) is 0.458. The van der Waals surface area contributed by atoms with Crippen LogP contribution in [0, 0.1) is 10.1 Å². The van der Waals surface area contributed by atoms with Crippen molar-refractivity contribution in [1.29, 1.82) is 0 Å². The second-order valence-corrected chi connectivity index (χ2v) is 4.91. The molecule has 0 fully saturated rings. The Labute approximate surface area is 118 Å². The van der Waals surface area contributed by atoms with Gasteiger partial charge in [-0.15, -0.1) is 10.2 Å². The second-order valence-electron chi connectivity index (χ2n) is 3.92. The van der Waals surface area contributed by atoms with Crippen LogP contribution in [0.5, 0.6) is 0 Å². The molecule has 0 saturated carbocycles. The van der Waals surface area contributed by atoms with Crippen LogP contribution in [0.25, 0.3) is 0 Å². The highest BCUT2D eigenvalue weighted by atomic mass is 32.2. The molecule has 7 nitrogen and oxygen atoms in total. The molecule has 1 heterocycles. The van der Waals surface area contributed by atoms with Gasteiger partial charge in [0.2, 0.25) is 5.89 Å². The van der Waals surface area contributed by atoms with E-state index in [1.165, 1.54) is 18.2 Å². The lowest BCUT2D eigenvalue weighted by molar-refractivity contribution is -0.387. The van der Waals surface area contributed by atoms with E-state index < -0.39 is 4.92 Å². The molecule has 20 heavy (non-hydrogen) atoms. The van der Waals surface area contributed by atoms with Crippen molar-refractivity contribution in [3.63, 3.8) is 0 Å². The molecule has 0 atom stereocenters. The van der Waals surface area contributed by atoms with Gasteiger partial charge in [-0.25, -0.2) is 0 Å². The van der Waals surface area contributed by atoms with Crippen molar-refractivity contribution in [2.45, 2.75) is 29.9 Å². The summed E-state index contributed by atoms with van der Waals surface area (Å²) in [4.78, 5) is 21.5. The molecule has 0 radical (unpaired) electrons. The van der Waals surface area contributed by atoms with Gasteiger partial charge in [0.15, 0.2) is 0 Å². The molecular formula is C12H11N3O4S. The lowest BCUT2D eigenvalue weighted by Crippen LogP contribution is -1.93. The predicted molar refractivity (Wildman–Crippen MR) is 70.9 cm³/mol. The topological polar surface area (TPSA) is 99.1 Å². The summed E-state index contributed by atoms with van der Waals surface area (Å²) < 4.78 is 5.37. The van der Waals surface area contributed by atoms with Gasteiger partial charge in [0.25, 0.3) is 10.9 Å². The summed E-state index contributed by atoms with van der Waals surface area (Å²) in [5.41, 5.74) is 0.0908. The van der Waals surface area contributed by atoms with Gasteiger partial charge in [0.1, 0.15) is 6.29 Å². The van der Waals surface area contributed by atoms with Crippen LogP contribution in [0.3, 0.4) is 0 Å². The number of hydrogen-bond donors (Lipinski definition) is 0. The first-order chi connectivity index (χ1) is 9.63. The third-order valence-corrected chi connectivity index (χ3v) is 3.33. The molecule has 2 rings (SSSR count). The molecule has 0 saturated heterocycles. The van der Waals surface area contributed by atoms with Crippen molar-refractivity contribution in [3.8, 4) is 0 Å². The predicted octanol–water partition coefficient (Wildman–Crippen LogP) is 2.89. The summed E-state index contributed by atoms with van der Waals surface area (Å²) >= 11 is 1.01. The third kappa shape index (κ3) is 3.21. The molecule has 1 aromatic heterocycles. The van der Waals surface area contributed by atoms with Gasteiger partial charge in [-0.05, 0) is 24.2 Å². The molecule has 0 aliphatic heterocycles. The fourth-order valence-corrected chi connectivity index (χ4v) is 2.31. The average molecular weight is 293 g/mol. The summed E-state index contributed by atoms with van der Waals surface area (Å²) in [5.74, 6) is 0.502. The van der Waals surface area contributed by atoms with Gasteiger partial charge in [-0.3, -0.25) is 14.9 Å². The Bertz CT molecular complexity index is 641. The lowest BCUT2D eigenvalue weighted by Gasteiger charge is -2.00. The monoisotopic (exact) mass is 293 g/mol. The number of carbonyl (C=O) groups excluding carboxylic acids is 1. The van der Waals surface area contributed by atoms with E-state index in [0.29, 0.717) is 23.5 Å². The van der Waals surface area contributed by atoms with Gasteiger partial charge < -0.3 is 4.42 Å². The maximum absolute atomic E-state index is 11.0. The van der Waals surface area contributed by atoms with Gasteiger partial charge in [-0.1, -0.05) is 13.0 Å². The number of rotatable bonds is 6. The number of aromatic nitrogens is 2. The van der Waals surface area contributed by atoms with E-state index in [1.54, 1.807) is 0 Å². The normalized spacial score (nSPS) is 10.4. The zero-order valence-electron chi connectivity index (χ0n) is 10.6. The minimum Gasteiger partial charge on any atom is -0.416 e. The Kier molecular flexibility index (Phi) is 4.46. The standard InChI is InChI=1S/C12H11N3O4S/c1-2-3-11-13-14-12(19-11)20-10-5-4-8(7-16)6-9(10)15(17)18/h4-7H,2-3H2,1H3. The Hall–Kier alpha value is -2.22. The largest absolute Gasteiger partial charge is 0.416 e. The Balaban J connectivity index is 2.27. The van der Waals surface area contributed by atoms with Crippen molar-refractivity contribution in [3.05, 3.63) is 39.8 Å². The molecule has 0 N–H and O–H groups in total. The Morgan fingerprint density at radius 1 is 1.45 bits per heavy atom. The third-order valence-electron chi connectivity index (χ3n) is 2.43. The van der Waals surface area contributed by atoms with Crippen LogP contribution in [-0.2, 0) is 6.42 Å². The number of nitrogens with zero attached hydrogens (tertiary/aromatic N) is 3. The molecular weight excluding hydrogens is 282 g/mol. The average Bonchev–Trinajstić information content (AvgIpc) is 2.87. The number of hydrogen-bond acceptors (Lipinski definition) is 7. The Morgan fingerprint density at radius 2 is 2.25 bits per heavy atom. The molecule has 0 unspecified atom stereocenters. The van der Waals surface area contributed by atoms with E-state index in [0.717, 1.165) is 18.2 Å². The molecule has 8 heteroatoms. The van der Waals surface area contributed by atoms with E-state index in [2.05, 4.69) is 10.2 Å². The maximum Gasteiger partial charge on any atom is 0.284 e. The number of nitro benzene ring substituents is 1. The summed E-state index contributed by atoms with van der Waals surface area (Å²) in [6.45, 7) is 1.99. The molecule has 0 amide bonds. The van der Waals surface area contributed by atoms with Crippen LogP contribution >= 0.6 is 11.8 Å². The SMILES string of the molecule is CCCc1nnc(Sc2ccc(C=O)cc2[N+](=O)[O-])o1. The molecule has 0 spiro atoms. The van der Waals surface area contributed by atoms with Crippen LogP contribution in [0.2, 0.25) is 0 Å². The van der Waals surface area contributed by atoms with E-state index in [4.69, 9.17) is 4.42 Å². The number of aldehydes is 1. The maximum atomic E-state index is 11.0. The van der Waals surface area contributed by atoms with Gasteiger partial charge in [-0.2, -0.15) is 0 Å². The van der Waals surface area contributed by atoms with E-state index in [1.807, 2.05) is 6.92 Å². The zero-order valence-corrected chi connectivity index (χ0v) is 11.4. The van der Waals surface area contributed by atoms with E-state index in [9.17, 15) is 14.9 Å². The highest BCUT2D eigenvalue weighted by Crippen LogP contribution is 2.34. The number of benzene rings is 1. The first-order valence-corrected chi connectivity index (χ1v) is 6.69. The van der Waals surface area contributed by atoms with E-state index in [-0.39, 0.29) is 16.5 Å². The van der Waals surface area contributed by atoms with Crippen molar-refractivity contribution in [1.82, 2.24) is 10.2 Å². The van der Waals surface area contributed by atoms with Crippen LogP contribution in [0.1, 0.15) is 29.6 Å². The molecule has 0 aliphatic carbocycles. The van der Waals surface area contributed by atoms with Crippen molar-refractivity contribution >= 4 is 23.7 Å². The first-order valence-electron chi connectivity index (χ1n) is 5.88. The van der Waals surface area contributed by atoms with Crippen LogP contribution in [0.15, 0.2) is 32.7 Å². The van der Waals surface area contributed by atoms with Crippen LogP contribution < -0.4 is 0 Å². The Morgan fingerprint density at radius 3 is 2.90 bits per heavy atom. The fourth-order valence-electron chi connectivity index (χ4n) is 1.53. The molecule has 104 valence electrons. The minimum absolute atomic E-state index is 0.158. The van der Waals surface area contributed by atoms with Crippen LogP contribution in [0.4, 0.5) is 5.69 Å². The highest BCUT2D eigenvalue weighted by molar-refractivity contribution is 7.99. The summed E-state index contributed by atoms with van der Waals surface area (Å²) in [6.07, 6.45) is 2.10. The zero-order chi connectivity index (χ0) is 14.5. The minimum atomic E-state index is -0.543. The number of aryl methyl sites for hydroxylation is 1. The smallest absolute Gasteiger partial charge is 0.284 e. The molecule has 1 aromatic carbocycles. The van der Waals surface area contributed by atoms with Gasteiger partial charge >= 0.3 is 0 Å². The molecule has 0 bridgehead atoms. The summed E-state index contributed by atoms with van der Waals surface area (Å²) in [6, 6.07) is 4.22. The first kappa shape index (κ1) is 14.2. The summed E-state index contributed by atoms with van der Waals surface area (Å²) in [5, 5.41) is 18.9. The summed E-state index contributed by atoms with van der Waals surface area (Å²) in [7, 11) is 0. The highest BCUT2D eigenvalue weighted by Gasteiger charge is 2.18. The molecule has 0 aliphatic rings. The van der Waals surface area contributed by atoms with E-state index >= 15 is 0 Å². The van der Waals surface area contributed by atoms with Gasteiger partial charge in [0, 0.05) is 18.1 Å². The van der Waals surface area contributed by atoms with Gasteiger partial charge in [0.05, 0.1) is 9.82 Å². The number of carbonyl (C=O) groups is 1.